The van der Waals surface area contributed by atoms with Crippen LogP contribution in [-0.4, -0.2) is 88.4 Å². The van der Waals surface area contributed by atoms with Gasteiger partial charge in [0, 0.05) is 69.6 Å². The second-order valence-corrected chi connectivity index (χ2v) is 16.3. The molecule has 3 heterocycles. The number of rotatable bonds is 10. The number of nitrogens with one attached hydrogen (secondary N) is 1. The van der Waals surface area contributed by atoms with Crippen molar-refractivity contribution in [2.75, 3.05) is 33.7 Å². The first-order valence-corrected chi connectivity index (χ1v) is 19.0. The van der Waals surface area contributed by atoms with Crippen LogP contribution in [0.5, 0.6) is 0 Å². The Bertz CT molecular complexity index is 2330. The lowest BCUT2D eigenvalue weighted by atomic mass is 9.92. The molecule has 2 N–H and O–H groups in total. The van der Waals surface area contributed by atoms with E-state index < -0.39 is 15.6 Å². The first kappa shape index (κ1) is 35.5. The molecule has 0 unspecified atom stereocenters. The molecule has 2 aromatic heterocycles. The molecule has 1 aliphatic heterocycles. The highest BCUT2D eigenvalue weighted by atomic mass is 32.2. The van der Waals surface area contributed by atoms with Crippen LogP contribution in [0, 0.1) is 20.8 Å². The van der Waals surface area contributed by atoms with Gasteiger partial charge >= 0.3 is 0 Å². The van der Waals surface area contributed by atoms with E-state index in [-0.39, 0.29) is 22.4 Å². The van der Waals surface area contributed by atoms with E-state index in [1.54, 1.807) is 56.8 Å². The molecule has 1 saturated carbocycles. The van der Waals surface area contributed by atoms with E-state index in [9.17, 15) is 23.1 Å². The predicted octanol–water partition coefficient (Wildman–Crippen LogP) is 5.02. The van der Waals surface area contributed by atoms with Gasteiger partial charge in [-0.25, -0.2) is 22.4 Å². The average molecular weight is 721 g/mol. The lowest BCUT2D eigenvalue weighted by Gasteiger charge is -2.30. The molecule has 1 aliphatic carbocycles. The van der Waals surface area contributed by atoms with Crippen LogP contribution < -0.4 is 5.32 Å². The Labute approximate surface area is 304 Å². The van der Waals surface area contributed by atoms with Crippen molar-refractivity contribution in [2.24, 2.45) is 0 Å². The minimum Gasteiger partial charge on any atom is -0.388 e. The lowest BCUT2D eigenvalue weighted by molar-refractivity contribution is -0.122. The third-order valence-corrected chi connectivity index (χ3v) is 11.9. The quantitative estimate of drug-likeness (QED) is 0.205. The van der Waals surface area contributed by atoms with Crippen molar-refractivity contribution in [1.29, 1.82) is 0 Å². The van der Waals surface area contributed by atoms with Crippen molar-refractivity contribution in [2.45, 2.75) is 63.5 Å². The highest BCUT2D eigenvalue weighted by molar-refractivity contribution is 7.90. The zero-order valence-corrected chi connectivity index (χ0v) is 31.0. The Morgan fingerprint density at radius 1 is 0.981 bits per heavy atom. The third-order valence-electron chi connectivity index (χ3n) is 10.2. The molecule has 11 nitrogen and oxygen atoms in total. The number of hydrogen-bond acceptors (Lipinski definition) is 8. The third kappa shape index (κ3) is 6.98. The van der Waals surface area contributed by atoms with Gasteiger partial charge in [0.15, 0.2) is 5.65 Å². The van der Waals surface area contributed by atoms with E-state index in [0.717, 1.165) is 59.2 Å². The van der Waals surface area contributed by atoms with Gasteiger partial charge in [0.25, 0.3) is 15.9 Å². The second kappa shape index (κ2) is 13.6. The fourth-order valence-corrected chi connectivity index (χ4v) is 8.20. The molecular weight excluding hydrogens is 677 g/mol. The number of benzene rings is 3. The summed E-state index contributed by atoms with van der Waals surface area (Å²) in [6, 6.07) is 16.4. The van der Waals surface area contributed by atoms with Gasteiger partial charge in [-0.05, 0) is 98.2 Å². The number of amides is 2. The first-order valence-electron chi connectivity index (χ1n) is 17.6. The second-order valence-electron chi connectivity index (χ2n) is 14.5. The molecule has 2 aliphatic rings. The van der Waals surface area contributed by atoms with Crippen LogP contribution in [0.15, 0.2) is 71.9 Å². The highest BCUT2D eigenvalue weighted by Crippen LogP contribution is 2.36. The number of aryl methyl sites for hydroxylation is 3. The van der Waals surface area contributed by atoms with Gasteiger partial charge in [-0.3, -0.25) is 14.5 Å². The standard InChI is InChI=1S/C40H44N6O5S/c1-25-6-9-31(10-7-25)52(50,51)46-23-34(28-8-11-33(27(3)18-28)39(48)44(4)5)37-38(46)41-21-35(43-37)29-19-26(2)32-12-16-45(22-30(32)20-29)17-13-36(47)42-24-40(49)14-15-40/h6-11,18-21,23,49H,12-17,22,24H2,1-5H3,(H,42,47). The normalized spacial score (nSPS) is 15.3. The van der Waals surface area contributed by atoms with Gasteiger partial charge in [-0.1, -0.05) is 29.8 Å². The summed E-state index contributed by atoms with van der Waals surface area (Å²) in [6.45, 7) is 8.32. The van der Waals surface area contributed by atoms with Crippen LogP contribution in [0.1, 0.15) is 57.4 Å². The van der Waals surface area contributed by atoms with Gasteiger partial charge in [0.1, 0.15) is 5.52 Å². The average Bonchev–Trinajstić information content (AvgIpc) is 3.73. The van der Waals surface area contributed by atoms with Gasteiger partial charge in [-0.15, -0.1) is 0 Å². The summed E-state index contributed by atoms with van der Waals surface area (Å²) in [5.74, 6) is -0.172. The molecule has 0 spiro atoms. The number of nitrogens with zero attached hydrogens (tertiary/aromatic N) is 5. The van der Waals surface area contributed by atoms with E-state index >= 15 is 0 Å². The Kier molecular flexibility index (Phi) is 9.26. The maximum absolute atomic E-state index is 14.1. The van der Waals surface area contributed by atoms with E-state index in [0.29, 0.717) is 48.4 Å². The van der Waals surface area contributed by atoms with E-state index in [1.807, 2.05) is 26.0 Å². The molecule has 5 aromatic rings. The minimum atomic E-state index is -4.03. The number of hydrogen-bond donors (Lipinski definition) is 2. The summed E-state index contributed by atoms with van der Waals surface area (Å²) in [6.07, 6.45) is 5.90. The molecule has 0 bridgehead atoms. The molecule has 52 heavy (non-hydrogen) atoms. The number of carbonyl (C=O) groups excluding carboxylic acids is 2. The SMILES string of the molecule is Cc1ccc(S(=O)(=O)n2cc(-c3ccc(C(=O)N(C)C)c(C)c3)c3nc(-c4cc(C)c5c(c4)CN(CCC(=O)NCC4(O)CC4)CC5)cnc32)cc1. The summed E-state index contributed by atoms with van der Waals surface area (Å²) >= 11 is 0. The molecule has 270 valence electrons. The van der Waals surface area contributed by atoms with E-state index in [1.165, 1.54) is 14.4 Å². The van der Waals surface area contributed by atoms with Crippen LogP contribution in [0.25, 0.3) is 33.5 Å². The zero-order valence-electron chi connectivity index (χ0n) is 30.2. The van der Waals surface area contributed by atoms with Gasteiger partial charge in [0.05, 0.1) is 22.4 Å². The van der Waals surface area contributed by atoms with Crippen LogP contribution >= 0.6 is 0 Å². The molecule has 3 aromatic carbocycles. The fraction of sp³-hybridized carbons (Fsp3) is 0.350. The molecule has 0 saturated heterocycles. The summed E-state index contributed by atoms with van der Waals surface area (Å²) in [5.41, 5.74) is 8.55. The predicted molar refractivity (Wildman–Crippen MR) is 200 cm³/mol. The number of carbonyl (C=O) groups is 2. The first-order chi connectivity index (χ1) is 24.7. The topological polar surface area (TPSA) is 138 Å². The monoisotopic (exact) mass is 720 g/mol. The molecular formula is C40H44N6O5S. The molecule has 0 radical (unpaired) electrons. The van der Waals surface area contributed by atoms with Crippen LogP contribution in [0.2, 0.25) is 0 Å². The smallest absolute Gasteiger partial charge is 0.269 e. The van der Waals surface area contributed by atoms with Crippen LogP contribution in [0.3, 0.4) is 0 Å². The zero-order chi connectivity index (χ0) is 36.9. The van der Waals surface area contributed by atoms with E-state index in [2.05, 4.69) is 29.3 Å². The van der Waals surface area contributed by atoms with Crippen molar-refractivity contribution >= 4 is 33.0 Å². The lowest BCUT2D eigenvalue weighted by Crippen LogP contribution is -2.37. The summed E-state index contributed by atoms with van der Waals surface area (Å²) in [5, 5.41) is 12.9. The minimum absolute atomic E-state index is 0.0547. The van der Waals surface area contributed by atoms with Crippen molar-refractivity contribution in [3.05, 3.63) is 100 Å². The summed E-state index contributed by atoms with van der Waals surface area (Å²) in [7, 11) is -0.615. The molecule has 7 rings (SSSR count). The largest absolute Gasteiger partial charge is 0.388 e. The Morgan fingerprint density at radius 2 is 1.71 bits per heavy atom. The number of fused-ring (bicyclic) bond motifs is 2. The Balaban J connectivity index is 1.25. The molecule has 1 fully saturated rings. The van der Waals surface area contributed by atoms with Crippen molar-refractivity contribution in [3.8, 4) is 22.4 Å². The van der Waals surface area contributed by atoms with Crippen molar-refractivity contribution < 1.29 is 23.1 Å². The van der Waals surface area contributed by atoms with Gasteiger partial charge < -0.3 is 15.3 Å². The van der Waals surface area contributed by atoms with Gasteiger partial charge in [0.2, 0.25) is 5.91 Å². The van der Waals surface area contributed by atoms with E-state index in [4.69, 9.17) is 9.97 Å². The number of aromatic nitrogens is 3. The van der Waals surface area contributed by atoms with Crippen LogP contribution in [-0.2, 0) is 27.8 Å². The number of aliphatic hydroxyl groups is 1. The summed E-state index contributed by atoms with van der Waals surface area (Å²) in [4.78, 5) is 39.0. The Hall–Kier alpha value is -4.91. The highest BCUT2D eigenvalue weighted by Gasteiger charge is 2.40. The van der Waals surface area contributed by atoms with Crippen LogP contribution in [0.4, 0.5) is 0 Å². The van der Waals surface area contributed by atoms with Gasteiger partial charge in [-0.2, -0.15) is 0 Å². The molecule has 0 atom stereocenters. The molecule has 12 heteroatoms. The fourth-order valence-electron chi connectivity index (χ4n) is 6.88. The summed E-state index contributed by atoms with van der Waals surface area (Å²) < 4.78 is 29.3. The maximum Gasteiger partial charge on any atom is 0.269 e. The maximum atomic E-state index is 14.1. The Morgan fingerprint density at radius 3 is 2.40 bits per heavy atom. The van der Waals surface area contributed by atoms with Crippen molar-refractivity contribution in [3.63, 3.8) is 0 Å². The van der Waals surface area contributed by atoms with Crippen molar-refractivity contribution in [1.82, 2.24) is 29.1 Å². The molecule has 2 amide bonds.